The van der Waals surface area contributed by atoms with E-state index in [-0.39, 0.29) is 12.0 Å². The molecule has 0 saturated carbocycles. The Hall–Kier alpha value is -1.06. The standard InChI is InChI=1S/C14H21NO2/c1-11-8-12(4-5-13(11)17-2)14(10-16)6-3-7-15-9-14/h4-5,8,15-16H,3,6-7,9-10H2,1-2H3. The molecular weight excluding hydrogens is 214 g/mol. The topological polar surface area (TPSA) is 41.5 Å². The van der Waals surface area contributed by atoms with E-state index in [0.717, 1.165) is 37.2 Å². The van der Waals surface area contributed by atoms with E-state index in [2.05, 4.69) is 17.4 Å². The smallest absolute Gasteiger partial charge is 0.121 e. The minimum atomic E-state index is -0.116. The summed E-state index contributed by atoms with van der Waals surface area (Å²) in [4.78, 5) is 0. The molecule has 3 heteroatoms. The fraction of sp³-hybridized carbons (Fsp3) is 0.571. The van der Waals surface area contributed by atoms with E-state index in [0.29, 0.717) is 0 Å². The van der Waals surface area contributed by atoms with Crippen LogP contribution >= 0.6 is 0 Å². The third-order valence-corrected chi connectivity index (χ3v) is 3.78. The third-order valence-electron chi connectivity index (χ3n) is 3.78. The second kappa shape index (κ2) is 5.07. The van der Waals surface area contributed by atoms with Crippen LogP contribution in [0.3, 0.4) is 0 Å². The maximum absolute atomic E-state index is 9.74. The Morgan fingerprint density at radius 2 is 2.29 bits per heavy atom. The molecule has 0 aromatic heterocycles. The number of hydrogen-bond acceptors (Lipinski definition) is 3. The lowest BCUT2D eigenvalue weighted by molar-refractivity contribution is 0.162. The van der Waals surface area contributed by atoms with E-state index in [1.54, 1.807) is 7.11 Å². The summed E-state index contributed by atoms with van der Waals surface area (Å²) in [6, 6.07) is 6.22. The van der Waals surface area contributed by atoms with Crippen molar-refractivity contribution in [1.29, 1.82) is 0 Å². The van der Waals surface area contributed by atoms with Crippen LogP contribution in [-0.4, -0.2) is 31.9 Å². The Balaban J connectivity index is 2.33. The van der Waals surface area contributed by atoms with Crippen molar-refractivity contribution in [2.45, 2.75) is 25.2 Å². The zero-order valence-electron chi connectivity index (χ0n) is 10.6. The van der Waals surface area contributed by atoms with Gasteiger partial charge in [0.05, 0.1) is 13.7 Å². The van der Waals surface area contributed by atoms with Crippen LogP contribution in [0.25, 0.3) is 0 Å². The fourth-order valence-corrected chi connectivity index (χ4v) is 2.65. The zero-order chi connectivity index (χ0) is 12.3. The summed E-state index contributed by atoms with van der Waals surface area (Å²) >= 11 is 0. The summed E-state index contributed by atoms with van der Waals surface area (Å²) < 4.78 is 5.28. The van der Waals surface area contributed by atoms with Crippen molar-refractivity contribution in [3.63, 3.8) is 0 Å². The number of benzene rings is 1. The van der Waals surface area contributed by atoms with Crippen molar-refractivity contribution in [2.24, 2.45) is 0 Å². The minimum Gasteiger partial charge on any atom is -0.496 e. The second-order valence-corrected chi connectivity index (χ2v) is 4.90. The van der Waals surface area contributed by atoms with Gasteiger partial charge in [-0.3, -0.25) is 0 Å². The lowest BCUT2D eigenvalue weighted by Crippen LogP contribution is -2.46. The van der Waals surface area contributed by atoms with E-state index in [4.69, 9.17) is 4.74 Å². The Morgan fingerprint density at radius 1 is 1.47 bits per heavy atom. The van der Waals surface area contributed by atoms with Gasteiger partial charge in [-0.1, -0.05) is 12.1 Å². The van der Waals surface area contributed by atoms with Crippen LogP contribution in [0.2, 0.25) is 0 Å². The Morgan fingerprint density at radius 3 is 2.82 bits per heavy atom. The van der Waals surface area contributed by atoms with Crippen LogP contribution in [0.5, 0.6) is 5.75 Å². The molecule has 3 nitrogen and oxygen atoms in total. The average Bonchev–Trinajstić information content (AvgIpc) is 2.39. The van der Waals surface area contributed by atoms with Gasteiger partial charge in [0.2, 0.25) is 0 Å². The van der Waals surface area contributed by atoms with Gasteiger partial charge >= 0.3 is 0 Å². The molecule has 1 aliphatic heterocycles. The van der Waals surface area contributed by atoms with Crippen molar-refractivity contribution < 1.29 is 9.84 Å². The van der Waals surface area contributed by atoms with Crippen LogP contribution in [-0.2, 0) is 5.41 Å². The van der Waals surface area contributed by atoms with Crippen LogP contribution in [0.4, 0.5) is 0 Å². The van der Waals surface area contributed by atoms with Gasteiger partial charge in [0.15, 0.2) is 0 Å². The maximum Gasteiger partial charge on any atom is 0.121 e. The summed E-state index contributed by atoms with van der Waals surface area (Å²) in [7, 11) is 1.69. The molecule has 0 bridgehead atoms. The number of piperidine rings is 1. The molecule has 17 heavy (non-hydrogen) atoms. The molecule has 0 radical (unpaired) electrons. The number of ether oxygens (including phenoxy) is 1. The number of aliphatic hydroxyl groups is 1. The highest BCUT2D eigenvalue weighted by atomic mass is 16.5. The molecule has 1 saturated heterocycles. The van der Waals surface area contributed by atoms with Crippen LogP contribution in [0, 0.1) is 6.92 Å². The first-order valence-corrected chi connectivity index (χ1v) is 6.18. The first kappa shape index (κ1) is 12.4. The molecule has 0 aliphatic carbocycles. The number of aliphatic hydroxyl groups excluding tert-OH is 1. The summed E-state index contributed by atoms with van der Waals surface area (Å²) in [5.74, 6) is 0.908. The minimum absolute atomic E-state index is 0.116. The van der Waals surface area contributed by atoms with Gasteiger partial charge in [0.25, 0.3) is 0 Å². The molecule has 1 fully saturated rings. The monoisotopic (exact) mass is 235 g/mol. The largest absolute Gasteiger partial charge is 0.496 e. The SMILES string of the molecule is COc1ccc(C2(CO)CCCNC2)cc1C. The van der Waals surface area contributed by atoms with E-state index in [9.17, 15) is 5.11 Å². The molecule has 1 unspecified atom stereocenters. The van der Waals surface area contributed by atoms with Crippen molar-refractivity contribution in [1.82, 2.24) is 5.32 Å². The van der Waals surface area contributed by atoms with Gasteiger partial charge in [-0.25, -0.2) is 0 Å². The Labute approximate surface area is 103 Å². The summed E-state index contributed by atoms with van der Waals surface area (Å²) in [6.07, 6.45) is 2.16. The normalized spacial score (nSPS) is 24.6. The highest BCUT2D eigenvalue weighted by Gasteiger charge is 2.33. The van der Waals surface area contributed by atoms with Crippen LogP contribution in [0.15, 0.2) is 18.2 Å². The van der Waals surface area contributed by atoms with Gasteiger partial charge < -0.3 is 15.2 Å². The molecule has 1 atom stereocenters. The molecule has 1 aliphatic rings. The Bertz CT molecular complexity index is 384. The van der Waals surface area contributed by atoms with Gasteiger partial charge in [0, 0.05) is 12.0 Å². The van der Waals surface area contributed by atoms with Crippen molar-refractivity contribution in [3.8, 4) is 5.75 Å². The molecule has 2 rings (SSSR count). The molecule has 0 amide bonds. The number of nitrogens with one attached hydrogen (secondary N) is 1. The lowest BCUT2D eigenvalue weighted by Gasteiger charge is -2.37. The average molecular weight is 235 g/mol. The molecule has 0 spiro atoms. The molecule has 94 valence electrons. The van der Waals surface area contributed by atoms with Gasteiger partial charge in [0.1, 0.15) is 5.75 Å². The third kappa shape index (κ3) is 2.31. The summed E-state index contributed by atoms with van der Waals surface area (Å²) in [5, 5.41) is 13.1. The highest BCUT2D eigenvalue weighted by Crippen LogP contribution is 2.33. The van der Waals surface area contributed by atoms with E-state index >= 15 is 0 Å². The molecule has 1 aromatic rings. The number of aryl methyl sites for hydroxylation is 1. The first-order chi connectivity index (χ1) is 8.22. The zero-order valence-corrected chi connectivity index (χ0v) is 10.6. The van der Waals surface area contributed by atoms with E-state index in [1.807, 2.05) is 13.0 Å². The number of hydrogen-bond donors (Lipinski definition) is 2. The van der Waals surface area contributed by atoms with E-state index < -0.39 is 0 Å². The predicted molar refractivity (Wildman–Crippen MR) is 68.6 cm³/mol. The molecular formula is C14H21NO2. The highest BCUT2D eigenvalue weighted by molar-refractivity contribution is 5.40. The molecule has 1 aromatic carbocycles. The summed E-state index contributed by atoms with van der Waals surface area (Å²) in [5.41, 5.74) is 2.23. The van der Waals surface area contributed by atoms with Gasteiger partial charge in [-0.05, 0) is 43.5 Å². The summed E-state index contributed by atoms with van der Waals surface area (Å²) in [6.45, 7) is 4.15. The van der Waals surface area contributed by atoms with Crippen molar-refractivity contribution >= 4 is 0 Å². The molecule has 2 N–H and O–H groups in total. The first-order valence-electron chi connectivity index (χ1n) is 6.18. The number of rotatable bonds is 3. The molecule has 1 heterocycles. The quantitative estimate of drug-likeness (QED) is 0.836. The van der Waals surface area contributed by atoms with Crippen LogP contribution < -0.4 is 10.1 Å². The fourth-order valence-electron chi connectivity index (χ4n) is 2.65. The van der Waals surface area contributed by atoms with Gasteiger partial charge in [-0.15, -0.1) is 0 Å². The Kier molecular flexibility index (Phi) is 3.69. The van der Waals surface area contributed by atoms with Crippen LogP contribution in [0.1, 0.15) is 24.0 Å². The lowest BCUT2D eigenvalue weighted by atomic mass is 9.75. The predicted octanol–water partition coefficient (Wildman–Crippen LogP) is 1.62. The second-order valence-electron chi connectivity index (χ2n) is 4.90. The number of methoxy groups -OCH3 is 1. The van der Waals surface area contributed by atoms with Gasteiger partial charge in [-0.2, -0.15) is 0 Å². The van der Waals surface area contributed by atoms with Crippen molar-refractivity contribution in [3.05, 3.63) is 29.3 Å². The maximum atomic E-state index is 9.74. The van der Waals surface area contributed by atoms with Crippen molar-refractivity contribution in [2.75, 3.05) is 26.8 Å². The van der Waals surface area contributed by atoms with E-state index in [1.165, 1.54) is 5.56 Å².